The molecule has 1 aliphatic heterocycles. The molecule has 0 bridgehead atoms. The Hall–Kier alpha value is -2.63. The minimum absolute atomic E-state index is 0.0292. The third kappa shape index (κ3) is 3.82. The number of benzene rings is 1. The van der Waals surface area contributed by atoms with Gasteiger partial charge in [0.05, 0.1) is 19.5 Å². The lowest BCUT2D eigenvalue weighted by Crippen LogP contribution is -2.36. The fourth-order valence-electron chi connectivity index (χ4n) is 2.82. The number of para-hydroxylation sites is 1. The van der Waals surface area contributed by atoms with Crippen molar-refractivity contribution < 1.29 is 9.53 Å². The van der Waals surface area contributed by atoms with E-state index in [9.17, 15) is 4.79 Å². The van der Waals surface area contributed by atoms with Crippen molar-refractivity contribution in [1.82, 2.24) is 14.9 Å². The number of hydrogen-bond donors (Lipinski definition) is 1. The van der Waals surface area contributed by atoms with Crippen LogP contribution >= 0.6 is 0 Å². The Balaban J connectivity index is 1.61. The number of piperidine rings is 1. The van der Waals surface area contributed by atoms with Gasteiger partial charge in [0.25, 0.3) is 5.91 Å². The number of nitrogens with one attached hydrogen (secondary N) is 1. The molecule has 0 aliphatic carbocycles. The number of ether oxygens (including phenoxy) is 1. The second kappa shape index (κ2) is 7.77. The molecule has 0 saturated carbocycles. The Morgan fingerprint density at radius 1 is 1.17 bits per heavy atom. The molecule has 1 amide bonds. The molecule has 1 aliphatic rings. The molecule has 3 rings (SSSR count). The van der Waals surface area contributed by atoms with Crippen molar-refractivity contribution in [1.29, 1.82) is 0 Å². The van der Waals surface area contributed by atoms with Crippen LogP contribution < -0.4 is 10.1 Å². The molecule has 24 heavy (non-hydrogen) atoms. The minimum Gasteiger partial charge on any atom is -0.496 e. The average Bonchev–Trinajstić information content (AvgIpc) is 2.67. The van der Waals surface area contributed by atoms with Crippen LogP contribution in [-0.2, 0) is 6.54 Å². The normalized spacial score (nSPS) is 14.3. The lowest BCUT2D eigenvalue weighted by atomic mass is 10.1. The highest BCUT2D eigenvalue weighted by atomic mass is 16.5. The highest BCUT2D eigenvalue weighted by Crippen LogP contribution is 2.18. The van der Waals surface area contributed by atoms with Gasteiger partial charge in [0, 0.05) is 25.2 Å². The van der Waals surface area contributed by atoms with Gasteiger partial charge in [0.15, 0.2) is 0 Å². The molecule has 0 atom stereocenters. The Morgan fingerprint density at radius 3 is 2.67 bits per heavy atom. The summed E-state index contributed by atoms with van der Waals surface area (Å²) in [6, 6.07) is 7.81. The molecular formula is C18H22N4O2. The van der Waals surface area contributed by atoms with Crippen LogP contribution in [0.4, 0.5) is 5.82 Å². The number of likely N-dealkylation sites (tertiary alicyclic amines) is 1. The zero-order valence-electron chi connectivity index (χ0n) is 13.9. The lowest BCUT2D eigenvalue weighted by Gasteiger charge is -2.26. The second-order valence-electron chi connectivity index (χ2n) is 5.81. The molecule has 6 nitrogen and oxygen atoms in total. The number of aromatic nitrogens is 2. The number of methoxy groups -OCH3 is 1. The van der Waals surface area contributed by atoms with Gasteiger partial charge in [-0.3, -0.25) is 4.79 Å². The second-order valence-corrected chi connectivity index (χ2v) is 5.81. The van der Waals surface area contributed by atoms with Gasteiger partial charge >= 0.3 is 0 Å². The Morgan fingerprint density at radius 2 is 1.96 bits per heavy atom. The number of nitrogens with zero attached hydrogens (tertiary/aromatic N) is 3. The van der Waals surface area contributed by atoms with Crippen molar-refractivity contribution in [2.75, 3.05) is 25.5 Å². The third-order valence-corrected chi connectivity index (χ3v) is 4.17. The maximum atomic E-state index is 12.4. The van der Waals surface area contributed by atoms with Crippen molar-refractivity contribution in [3.63, 3.8) is 0 Å². The van der Waals surface area contributed by atoms with Gasteiger partial charge in [-0.25, -0.2) is 9.97 Å². The number of anilines is 1. The topological polar surface area (TPSA) is 67.3 Å². The van der Waals surface area contributed by atoms with E-state index in [-0.39, 0.29) is 5.91 Å². The molecule has 6 heteroatoms. The Labute approximate surface area is 141 Å². The highest BCUT2D eigenvalue weighted by Gasteiger charge is 2.19. The van der Waals surface area contributed by atoms with E-state index in [1.54, 1.807) is 19.5 Å². The largest absolute Gasteiger partial charge is 0.496 e. The van der Waals surface area contributed by atoms with Crippen LogP contribution in [-0.4, -0.2) is 41.0 Å². The standard InChI is InChI=1S/C18H22N4O2/c1-24-16-8-4-3-7-14(16)11-20-17-13-19-15(12-21-17)18(23)22-9-5-2-6-10-22/h3-4,7-8,12-13H,2,5-6,9-11H2,1H3,(H,20,21). The molecule has 126 valence electrons. The molecular weight excluding hydrogens is 304 g/mol. The molecule has 0 radical (unpaired) electrons. The molecule has 1 N–H and O–H groups in total. The summed E-state index contributed by atoms with van der Waals surface area (Å²) < 4.78 is 5.33. The summed E-state index contributed by atoms with van der Waals surface area (Å²) in [6.45, 7) is 2.21. The molecule has 1 saturated heterocycles. The first-order chi connectivity index (χ1) is 11.8. The fraction of sp³-hybridized carbons (Fsp3) is 0.389. The van der Waals surface area contributed by atoms with Gasteiger partial charge in [0.1, 0.15) is 17.3 Å². The zero-order chi connectivity index (χ0) is 16.8. The number of amides is 1. The van der Waals surface area contributed by atoms with Gasteiger partial charge in [-0.2, -0.15) is 0 Å². The summed E-state index contributed by atoms with van der Waals surface area (Å²) >= 11 is 0. The lowest BCUT2D eigenvalue weighted by molar-refractivity contribution is 0.0718. The van der Waals surface area contributed by atoms with Crippen LogP contribution in [0, 0.1) is 0 Å². The Kier molecular flexibility index (Phi) is 5.25. The summed E-state index contributed by atoms with van der Waals surface area (Å²) in [5.41, 5.74) is 1.44. The smallest absolute Gasteiger partial charge is 0.274 e. The van der Waals surface area contributed by atoms with Gasteiger partial charge in [-0.05, 0) is 25.3 Å². The average molecular weight is 326 g/mol. The van der Waals surface area contributed by atoms with Crippen LogP contribution in [0.25, 0.3) is 0 Å². The zero-order valence-corrected chi connectivity index (χ0v) is 13.9. The molecule has 2 heterocycles. The van der Waals surface area contributed by atoms with Crippen LogP contribution in [0.2, 0.25) is 0 Å². The van der Waals surface area contributed by atoms with Gasteiger partial charge in [-0.1, -0.05) is 18.2 Å². The van der Waals surface area contributed by atoms with Crippen molar-refractivity contribution in [2.24, 2.45) is 0 Å². The summed E-state index contributed by atoms with van der Waals surface area (Å²) in [6.07, 6.45) is 6.48. The molecule has 1 aromatic carbocycles. The summed E-state index contributed by atoms with van der Waals surface area (Å²) in [4.78, 5) is 22.8. The first-order valence-electron chi connectivity index (χ1n) is 8.25. The first-order valence-corrected chi connectivity index (χ1v) is 8.25. The van der Waals surface area contributed by atoms with Crippen LogP contribution in [0.3, 0.4) is 0 Å². The third-order valence-electron chi connectivity index (χ3n) is 4.17. The molecule has 0 spiro atoms. The van der Waals surface area contributed by atoms with E-state index in [0.29, 0.717) is 18.1 Å². The fourth-order valence-corrected chi connectivity index (χ4v) is 2.82. The van der Waals surface area contributed by atoms with Crippen molar-refractivity contribution >= 4 is 11.7 Å². The van der Waals surface area contributed by atoms with E-state index in [2.05, 4.69) is 15.3 Å². The number of hydrogen-bond acceptors (Lipinski definition) is 5. The van der Waals surface area contributed by atoms with Gasteiger partial charge < -0.3 is 15.0 Å². The maximum Gasteiger partial charge on any atom is 0.274 e. The van der Waals surface area contributed by atoms with E-state index in [1.165, 1.54) is 6.42 Å². The van der Waals surface area contributed by atoms with E-state index in [4.69, 9.17) is 4.74 Å². The molecule has 1 fully saturated rings. The number of rotatable bonds is 5. The van der Waals surface area contributed by atoms with Crippen LogP contribution in [0.1, 0.15) is 35.3 Å². The molecule has 0 unspecified atom stereocenters. The Bertz CT molecular complexity index is 682. The van der Waals surface area contributed by atoms with Gasteiger partial charge in [-0.15, -0.1) is 0 Å². The highest BCUT2D eigenvalue weighted by molar-refractivity contribution is 5.92. The van der Waals surface area contributed by atoms with Gasteiger partial charge in [0.2, 0.25) is 0 Å². The van der Waals surface area contributed by atoms with Crippen molar-refractivity contribution in [2.45, 2.75) is 25.8 Å². The van der Waals surface area contributed by atoms with E-state index < -0.39 is 0 Å². The number of carbonyl (C=O) groups excluding carboxylic acids is 1. The quantitative estimate of drug-likeness (QED) is 0.915. The number of carbonyl (C=O) groups is 1. The van der Waals surface area contributed by atoms with Crippen LogP contribution in [0.5, 0.6) is 5.75 Å². The van der Waals surface area contributed by atoms with E-state index in [1.807, 2.05) is 29.2 Å². The monoisotopic (exact) mass is 326 g/mol. The summed E-state index contributed by atoms with van der Waals surface area (Å²) in [5, 5.41) is 3.20. The molecule has 2 aromatic rings. The minimum atomic E-state index is -0.0292. The SMILES string of the molecule is COc1ccccc1CNc1cnc(C(=O)N2CCCCC2)cn1. The summed E-state index contributed by atoms with van der Waals surface area (Å²) in [7, 11) is 1.65. The predicted octanol–water partition coefficient (Wildman–Crippen LogP) is 2.72. The summed E-state index contributed by atoms with van der Waals surface area (Å²) in [5.74, 6) is 1.43. The predicted molar refractivity (Wildman–Crippen MR) is 92.1 cm³/mol. The van der Waals surface area contributed by atoms with Crippen molar-refractivity contribution in [3.05, 3.63) is 47.9 Å². The van der Waals surface area contributed by atoms with E-state index >= 15 is 0 Å². The first kappa shape index (κ1) is 16.2. The van der Waals surface area contributed by atoms with Crippen LogP contribution in [0.15, 0.2) is 36.7 Å². The molecule has 1 aromatic heterocycles. The van der Waals surface area contributed by atoms with E-state index in [0.717, 1.165) is 37.2 Å². The maximum absolute atomic E-state index is 12.4. The van der Waals surface area contributed by atoms with Crippen molar-refractivity contribution in [3.8, 4) is 5.75 Å².